The Morgan fingerprint density at radius 2 is 1.92 bits per heavy atom. The fourth-order valence-electron chi connectivity index (χ4n) is 3.24. The Morgan fingerprint density at radius 3 is 2.60 bits per heavy atom. The molecule has 2 aliphatic heterocycles. The van der Waals surface area contributed by atoms with E-state index in [0.29, 0.717) is 6.10 Å². The molecule has 2 fully saturated rings. The second kappa shape index (κ2) is 12.5. The van der Waals surface area contributed by atoms with Crippen LogP contribution in [0, 0.1) is 0 Å². The maximum absolute atomic E-state index is 5.95. The lowest BCUT2D eigenvalue weighted by Gasteiger charge is -2.34. The van der Waals surface area contributed by atoms with Crippen LogP contribution in [0.15, 0.2) is 4.99 Å². The van der Waals surface area contributed by atoms with E-state index in [9.17, 15) is 0 Å². The number of nitrogens with zero attached hydrogens (tertiary/aromatic N) is 3. The largest absolute Gasteiger partial charge is 0.385 e. The average molecular weight is 357 g/mol. The van der Waals surface area contributed by atoms with Crippen molar-refractivity contribution in [2.45, 2.75) is 32.3 Å². The van der Waals surface area contributed by atoms with Gasteiger partial charge in [-0.15, -0.1) is 0 Å². The van der Waals surface area contributed by atoms with Crippen LogP contribution in [-0.2, 0) is 14.2 Å². The summed E-state index contributed by atoms with van der Waals surface area (Å²) in [5, 5.41) is 3.44. The van der Waals surface area contributed by atoms with Gasteiger partial charge < -0.3 is 24.4 Å². The van der Waals surface area contributed by atoms with Crippen molar-refractivity contribution < 1.29 is 14.2 Å². The highest BCUT2D eigenvalue weighted by Crippen LogP contribution is 2.14. The van der Waals surface area contributed by atoms with Crippen molar-refractivity contribution in [3.05, 3.63) is 0 Å². The molecule has 1 N–H and O–H groups in total. The summed E-state index contributed by atoms with van der Waals surface area (Å²) < 4.78 is 16.4. The van der Waals surface area contributed by atoms with Crippen molar-refractivity contribution in [3.8, 4) is 0 Å². The second-order valence-corrected chi connectivity index (χ2v) is 6.59. The van der Waals surface area contributed by atoms with Crippen LogP contribution in [0.25, 0.3) is 0 Å². The van der Waals surface area contributed by atoms with Crippen LogP contribution in [0.4, 0.5) is 0 Å². The number of likely N-dealkylation sites (tertiary alicyclic amines) is 1. The molecule has 2 rings (SSSR count). The maximum atomic E-state index is 5.95. The van der Waals surface area contributed by atoms with Crippen molar-refractivity contribution in [1.29, 1.82) is 0 Å². The van der Waals surface area contributed by atoms with E-state index >= 15 is 0 Å². The van der Waals surface area contributed by atoms with Gasteiger partial charge in [0.2, 0.25) is 0 Å². The van der Waals surface area contributed by atoms with E-state index < -0.39 is 0 Å². The zero-order valence-electron chi connectivity index (χ0n) is 16.0. The number of hydrogen-bond acceptors (Lipinski definition) is 5. The van der Waals surface area contributed by atoms with Crippen LogP contribution in [0.1, 0.15) is 26.2 Å². The summed E-state index contributed by atoms with van der Waals surface area (Å²) >= 11 is 0. The number of morpholine rings is 1. The fourth-order valence-corrected chi connectivity index (χ4v) is 3.24. The topological polar surface area (TPSA) is 58.6 Å². The molecule has 25 heavy (non-hydrogen) atoms. The normalized spacial score (nSPS) is 20.9. The van der Waals surface area contributed by atoms with Gasteiger partial charge in [0.15, 0.2) is 5.96 Å². The molecular formula is C18H36N4O3. The quantitative estimate of drug-likeness (QED) is 0.375. The van der Waals surface area contributed by atoms with Gasteiger partial charge in [0.25, 0.3) is 0 Å². The highest BCUT2D eigenvalue weighted by Gasteiger charge is 2.21. The third-order valence-corrected chi connectivity index (χ3v) is 4.70. The zero-order valence-corrected chi connectivity index (χ0v) is 16.0. The first-order valence-electron chi connectivity index (χ1n) is 9.77. The van der Waals surface area contributed by atoms with Gasteiger partial charge in [-0.2, -0.15) is 0 Å². The predicted octanol–water partition coefficient (Wildman–Crippen LogP) is 0.802. The SMILES string of the molecule is CCNC(=NCCN1CCOCC1)N1CCC(OCCCOC)CC1. The van der Waals surface area contributed by atoms with E-state index in [0.717, 1.165) is 97.5 Å². The van der Waals surface area contributed by atoms with Crippen LogP contribution in [0.5, 0.6) is 0 Å². The minimum Gasteiger partial charge on any atom is -0.385 e. The molecular weight excluding hydrogens is 320 g/mol. The van der Waals surface area contributed by atoms with Crippen LogP contribution < -0.4 is 5.32 Å². The Bertz CT molecular complexity index is 367. The van der Waals surface area contributed by atoms with Crippen molar-refractivity contribution in [2.24, 2.45) is 4.99 Å². The Balaban J connectivity index is 1.69. The molecule has 7 nitrogen and oxygen atoms in total. The molecule has 2 aliphatic rings. The number of ether oxygens (including phenoxy) is 3. The highest BCUT2D eigenvalue weighted by molar-refractivity contribution is 5.80. The zero-order chi connectivity index (χ0) is 17.7. The number of rotatable bonds is 9. The van der Waals surface area contributed by atoms with Gasteiger partial charge in [-0.3, -0.25) is 9.89 Å². The Kier molecular flexibility index (Phi) is 10.2. The van der Waals surface area contributed by atoms with Gasteiger partial charge in [0.05, 0.1) is 25.9 Å². The van der Waals surface area contributed by atoms with Crippen molar-refractivity contribution >= 4 is 5.96 Å². The third kappa shape index (κ3) is 7.90. The summed E-state index contributed by atoms with van der Waals surface area (Å²) in [5.41, 5.74) is 0. The number of methoxy groups -OCH3 is 1. The molecule has 7 heteroatoms. The van der Waals surface area contributed by atoms with Gasteiger partial charge in [-0.05, 0) is 26.2 Å². The van der Waals surface area contributed by atoms with Crippen LogP contribution in [0.3, 0.4) is 0 Å². The van der Waals surface area contributed by atoms with Crippen molar-refractivity contribution in [3.63, 3.8) is 0 Å². The maximum Gasteiger partial charge on any atom is 0.193 e. The Labute approximate surface area is 152 Å². The number of aliphatic imine (C=N–C) groups is 1. The van der Waals surface area contributed by atoms with E-state index in [-0.39, 0.29) is 0 Å². The number of nitrogens with one attached hydrogen (secondary N) is 1. The summed E-state index contributed by atoms with van der Waals surface area (Å²) in [7, 11) is 1.74. The van der Waals surface area contributed by atoms with Crippen molar-refractivity contribution in [1.82, 2.24) is 15.1 Å². The standard InChI is InChI=1S/C18H36N4O3/c1-3-19-18(20-7-10-21-11-15-24-16-12-21)22-8-5-17(6-9-22)25-14-4-13-23-2/h17H,3-16H2,1-2H3,(H,19,20). The number of hydrogen-bond donors (Lipinski definition) is 1. The van der Waals surface area contributed by atoms with Crippen LogP contribution >= 0.6 is 0 Å². The molecule has 0 aliphatic carbocycles. The summed E-state index contributed by atoms with van der Waals surface area (Å²) in [4.78, 5) is 9.63. The molecule has 146 valence electrons. The van der Waals surface area contributed by atoms with Gasteiger partial charge in [-0.25, -0.2) is 0 Å². The molecule has 0 spiro atoms. The Morgan fingerprint density at radius 1 is 1.16 bits per heavy atom. The molecule has 0 bridgehead atoms. The summed E-state index contributed by atoms with van der Waals surface area (Å²) in [5.74, 6) is 1.05. The summed E-state index contributed by atoms with van der Waals surface area (Å²) in [6.45, 7) is 12.2. The minimum atomic E-state index is 0.379. The molecule has 0 unspecified atom stereocenters. The Hall–Kier alpha value is -0.890. The molecule has 0 radical (unpaired) electrons. The fraction of sp³-hybridized carbons (Fsp3) is 0.944. The van der Waals surface area contributed by atoms with E-state index in [1.54, 1.807) is 7.11 Å². The van der Waals surface area contributed by atoms with Gasteiger partial charge in [0, 0.05) is 59.6 Å². The molecule has 2 heterocycles. The first-order valence-corrected chi connectivity index (χ1v) is 9.77. The second-order valence-electron chi connectivity index (χ2n) is 6.59. The molecule has 0 atom stereocenters. The molecule has 0 aromatic rings. The van der Waals surface area contributed by atoms with E-state index in [1.165, 1.54) is 0 Å². The van der Waals surface area contributed by atoms with Gasteiger partial charge in [-0.1, -0.05) is 0 Å². The molecule has 0 amide bonds. The lowest BCUT2D eigenvalue weighted by molar-refractivity contribution is 0.00988. The highest BCUT2D eigenvalue weighted by atomic mass is 16.5. The molecule has 0 aromatic carbocycles. The number of piperidine rings is 1. The first kappa shape index (κ1) is 20.4. The van der Waals surface area contributed by atoms with Crippen LogP contribution in [-0.4, -0.2) is 101 Å². The molecule has 0 aromatic heterocycles. The third-order valence-electron chi connectivity index (χ3n) is 4.70. The van der Waals surface area contributed by atoms with Gasteiger partial charge >= 0.3 is 0 Å². The lowest BCUT2D eigenvalue weighted by Crippen LogP contribution is -2.47. The van der Waals surface area contributed by atoms with Crippen molar-refractivity contribution in [2.75, 3.05) is 79.4 Å². The van der Waals surface area contributed by atoms with E-state index in [4.69, 9.17) is 19.2 Å². The van der Waals surface area contributed by atoms with Crippen LogP contribution in [0.2, 0.25) is 0 Å². The van der Waals surface area contributed by atoms with Gasteiger partial charge in [0.1, 0.15) is 0 Å². The van der Waals surface area contributed by atoms with E-state index in [2.05, 4.69) is 22.0 Å². The first-order chi connectivity index (χ1) is 12.3. The summed E-state index contributed by atoms with van der Waals surface area (Å²) in [6, 6.07) is 0. The lowest BCUT2D eigenvalue weighted by atomic mass is 10.1. The van der Waals surface area contributed by atoms with E-state index in [1.807, 2.05) is 0 Å². The predicted molar refractivity (Wildman–Crippen MR) is 100 cm³/mol. The molecule has 0 saturated carbocycles. The number of guanidine groups is 1. The molecule has 2 saturated heterocycles. The smallest absolute Gasteiger partial charge is 0.193 e. The summed E-state index contributed by atoms with van der Waals surface area (Å²) in [6.07, 6.45) is 3.49. The minimum absolute atomic E-state index is 0.379. The monoisotopic (exact) mass is 356 g/mol. The average Bonchev–Trinajstić information content (AvgIpc) is 2.66.